The number of nitrogens with one attached hydrogen (secondary N) is 3. The molecule has 0 radical (unpaired) electrons. The Morgan fingerprint density at radius 1 is 0.718 bits per heavy atom. The fraction of sp³-hybridized carbons (Fsp3) is 0.156. The van der Waals surface area contributed by atoms with Crippen LogP contribution >= 0.6 is 0 Å². The molecule has 0 bridgehead atoms. The van der Waals surface area contributed by atoms with Crippen LogP contribution in [-0.2, 0) is 21.7 Å². The first-order valence-corrected chi connectivity index (χ1v) is 12.8. The summed E-state index contributed by atoms with van der Waals surface area (Å²) in [5, 5.41) is 8.60. The maximum Gasteiger partial charge on any atom is 0.320 e. The van der Waals surface area contributed by atoms with Gasteiger partial charge in [0.05, 0.1) is 18.7 Å². The van der Waals surface area contributed by atoms with Gasteiger partial charge >= 0.3 is 6.03 Å². The largest absolute Gasteiger partial charge is 0.326 e. The number of fused-ring (bicyclic) bond motifs is 1. The second-order valence-electron chi connectivity index (χ2n) is 9.84. The van der Waals surface area contributed by atoms with Gasteiger partial charge in [-0.2, -0.15) is 0 Å². The Kier molecular flexibility index (Phi) is 7.14. The number of anilines is 3. The number of para-hydroxylation sites is 1. The van der Waals surface area contributed by atoms with Gasteiger partial charge < -0.3 is 20.9 Å². The van der Waals surface area contributed by atoms with E-state index >= 15 is 0 Å². The number of amides is 4. The predicted octanol–water partition coefficient (Wildman–Crippen LogP) is 5.90. The summed E-state index contributed by atoms with van der Waals surface area (Å²) in [6.07, 6.45) is -0.274. The summed E-state index contributed by atoms with van der Waals surface area (Å²) < 4.78 is 0. The molecule has 3 N–H and O–H groups in total. The fourth-order valence-corrected chi connectivity index (χ4v) is 4.86. The molecule has 0 saturated heterocycles. The highest BCUT2D eigenvalue weighted by molar-refractivity contribution is 6.12. The van der Waals surface area contributed by atoms with E-state index in [0.29, 0.717) is 29.2 Å². The van der Waals surface area contributed by atoms with Crippen molar-refractivity contribution in [3.8, 4) is 0 Å². The van der Waals surface area contributed by atoms with E-state index in [4.69, 9.17) is 0 Å². The molecule has 7 heteroatoms. The van der Waals surface area contributed by atoms with Crippen molar-refractivity contribution in [1.82, 2.24) is 5.32 Å². The van der Waals surface area contributed by atoms with Crippen molar-refractivity contribution in [1.29, 1.82) is 0 Å². The van der Waals surface area contributed by atoms with Gasteiger partial charge in [-0.1, -0.05) is 83.9 Å². The lowest BCUT2D eigenvalue weighted by Gasteiger charge is -2.30. The minimum absolute atomic E-state index is 0.274. The standard InChI is InChI=1S/C32H30N4O3/c1-22-12-16-25(17-13-22)33-29(37)20-32(35-31(39)34-26-18-14-23(2)15-19-26)27-10-6-7-11-28(27)36(30(32)38)21-24-8-4-3-5-9-24/h3-19H,20-21H2,1-2H3,(H,33,37)(H2,34,35,39)/t32-/m0/s1. The first kappa shape index (κ1) is 25.7. The Hall–Kier alpha value is -4.91. The van der Waals surface area contributed by atoms with Crippen molar-refractivity contribution in [3.05, 3.63) is 125 Å². The van der Waals surface area contributed by atoms with Crippen molar-refractivity contribution >= 4 is 34.9 Å². The second-order valence-corrected chi connectivity index (χ2v) is 9.84. The van der Waals surface area contributed by atoms with E-state index in [-0.39, 0.29) is 18.2 Å². The molecule has 7 nitrogen and oxygen atoms in total. The van der Waals surface area contributed by atoms with Crippen LogP contribution in [0.4, 0.5) is 21.9 Å². The summed E-state index contributed by atoms with van der Waals surface area (Å²) in [5.74, 6) is -0.759. The van der Waals surface area contributed by atoms with E-state index in [1.165, 1.54) is 0 Å². The molecule has 0 aliphatic carbocycles. The predicted molar refractivity (Wildman–Crippen MR) is 154 cm³/mol. The van der Waals surface area contributed by atoms with Crippen molar-refractivity contribution in [2.24, 2.45) is 0 Å². The average molecular weight is 519 g/mol. The van der Waals surface area contributed by atoms with Gasteiger partial charge in [-0.05, 0) is 49.7 Å². The monoisotopic (exact) mass is 518 g/mol. The first-order chi connectivity index (χ1) is 18.8. The van der Waals surface area contributed by atoms with Crippen LogP contribution in [-0.4, -0.2) is 17.8 Å². The summed E-state index contributed by atoms with van der Waals surface area (Å²) in [6, 6.07) is 31.1. The lowest BCUT2D eigenvalue weighted by atomic mass is 9.87. The average Bonchev–Trinajstić information content (AvgIpc) is 3.14. The van der Waals surface area contributed by atoms with Crippen molar-refractivity contribution in [2.45, 2.75) is 32.4 Å². The molecular weight excluding hydrogens is 488 g/mol. The Balaban J connectivity index is 1.49. The molecule has 1 aliphatic heterocycles. The van der Waals surface area contributed by atoms with E-state index in [0.717, 1.165) is 16.7 Å². The molecule has 5 rings (SSSR count). The van der Waals surface area contributed by atoms with Crippen LogP contribution in [0.1, 0.15) is 28.7 Å². The summed E-state index contributed by atoms with van der Waals surface area (Å²) in [4.78, 5) is 42.6. The molecular formula is C32H30N4O3. The van der Waals surface area contributed by atoms with Crippen LogP contribution in [0.3, 0.4) is 0 Å². The van der Waals surface area contributed by atoms with Crippen LogP contribution in [0.2, 0.25) is 0 Å². The number of urea groups is 1. The number of hydrogen-bond donors (Lipinski definition) is 3. The van der Waals surface area contributed by atoms with Gasteiger partial charge in [-0.25, -0.2) is 4.79 Å². The van der Waals surface area contributed by atoms with Crippen LogP contribution in [0.25, 0.3) is 0 Å². The quantitative estimate of drug-likeness (QED) is 0.285. The molecule has 39 heavy (non-hydrogen) atoms. The van der Waals surface area contributed by atoms with E-state index in [9.17, 15) is 14.4 Å². The molecule has 196 valence electrons. The van der Waals surface area contributed by atoms with Crippen LogP contribution in [0.5, 0.6) is 0 Å². The zero-order chi connectivity index (χ0) is 27.4. The maximum absolute atomic E-state index is 14.3. The van der Waals surface area contributed by atoms with Crippen molar-refractivity contribution < 1.29 is 14.4 Å². The van der Waals surface area contributed by atoms with Crippen LogP contribution < -0.4 is 20.9 Å². The van der Waals surface area contributed by atoms with Gasteiger partial charge in [0.15, 0.2) is 5.54 Å². The molecule has 0 fully saturated rings. The number of benzene rings is 4. The molecule has 1 heterocycles. The van der Waals surface area contributed by atoms with Crippen LogP contribution in [0.15, 0.2) is 103 Å². The van der Waals surface area contributed by atoms with Gasteiger partial charge in [0, 0.05) is 16.9 Å². The van der Waals surface area contributed by atoms with E-state index < -0.39 is 11.6 Å². The van der Waals surface area contributed by atoms with E-state index in [1.807, 2.05) is 98.8 Å². The Bertz CT molecular complexity index is 1440. The Morgan fingerprint density at radius 3 is 1.92 bits per heavy atom. The highest BCUT2D eigenvalue weighted by Gasteiger charge is 2.53. The minimum atomic E-state index is -1.60. The molecule has 4 aromatic rings. The second kappa shape index (κ2) is 10.8. The van der Waals surface area contributed by atoms with Gasteiger partial charge in [0.25, 0.3) is 5.91 Å². The van der Waals surface area contributed by atoms with Crippen LogP contribution in [0, 0.1) is 13.8 Å². The zero-order valence-corrected chi connectivity index (χ0v) is 21.9. The third kappa shape index (κ3) is 5.52. The SMILES string of the molecule is Cc1ccc(NC(=O)C[C@@]2(NC(=O)Nc3ccc(C)cc3)C(=O)N(Cc3ccccc3)c3ccccc32)cc1. The lowest BCUT2D eigenvalue weighted by Crippen LogP contribution is -2.55. The molecule has 0 spiro atoms. The molecule has 0 saturated carbocycles. The van der Waals surface area contributed by atoms with Gasteiger partial charge in [0.1, 0.15) is 0 Å². The molecule has 1 aliphatic rings. The molecule has 4 aromatic carbocycles. The van der Waals surface area contributed by atoms with Crippen molar-refractivity contribution in [2.75, 3.05) is 15.5 Å². The summed E-state index contributed by atoms with van der Waals surface area (Å²) in [7, 11) is 0. The van der Waals surface area contributed by atoms with Gasteiger partial charge in [-0.15, -0.1) is 0 Å². The number of nitrogens with zero attached hydrogens (tertiary/aromatic N) is 1. The maximum atomic E-state index is 14.3. The number of aryl methyl sites for hydroxylation is 2. The Labute approximate surface area is 227 Å². The summed E-state index contributed by atoms with van der Waals surface area (Å²) >= 11 is 0. The number of rotatable bonds is 7. The van der Waals surface area contributed by atoms with E-state index in [2.05, 4.69) is 16.0 Å². The van der Waals surface area contributed by atoms with Gasteiger partial charge in [-0.3, -0.25) is 9.59 Å². The lowest BCUT2D eigenvalue weighted by molar-refractivity contribution is -0.128. The number of hydrogen-bond acceptors (Lipinski definition) is 3. The highest BCUT2D eigenvalue weighted by Crippen LogP contribution is 2.43. The van der Waals surface area contributed by atoms with E-state index in [1.54, 1.807) is 23.1 Å². The third-order valence-corrected chi connectivity index (χ3v) is 6.85. The Morgan fingerprint density at radius 2 is 1.28 bits per heavy atom. The highest BCUT2D eigenvalue weighted by atomic mass is 16.2. The summed E-state index contributed by atoms with van der Waals surface area (Å²) in [6.45, 7) is 4.23. The van der Waals surface area contributed by atoms with Crippen molar-refractivity contribution in [3.63, 3.8) is 0 Å². The summed E-state index contributed by atoms with van der Waals surface area (Å²) in [5.41, 5.74) is 3.88. The number of carbonyl (C=O) groups is 3. The first-order valence-electron chi connectivity index (χ1n) is 12.8. The molecule has 0 aromatic heterocycles. The molecule has 1 atom stereocenters. The molecule has 4 amide bonds. The topological polar surface area (TPSA) is 90.5 Å². The van der Waals surface area contributed by atoms with Gasteiger partial charge in [0.2, 0.25) is 5.91 Å². The minimum Gasteiger partial charge on any atom is -0.326 e. The number of carbonyl (C=O) groups excluding carboxylic acids is 3. The third-order valence-electron chi connectivity index (χ3n) is 6.85. The smallest absolute Gasteiger partial charge is 0.320 e. The fourth-order valence-electron chi connectivity index (χ4n) is 4.86. The molecule has 0 unspecified atom stereocenters. The normalized spacial score (nSPS) is 15.9. The zero-order valence-electron chi connectivity index (χ0n) is 21.9.